The van der Waals surface area contributed by atoms with Gasteiger partial charge in [0.25, 0.3) is 0 Å². The third kappa shape index (κ3) is 5.01. The lowest BCUT2D eigenvalue weighted by Crippen LogP contribution is -2.29. The summed E-state index contributed by atoms with van der Waals surface area (Å²) in [4.78, 5) is 22.4. The maximum Gasteiger partial charge on any atom is 0.325 e. The number of amides is 1. The molecule has 1 aromatic rings. The second-order valence-electron chi connectivity index (χ2n) is 3.38. The van der Waals surface area contributed by atoms with Gasteiger partial charge in [-0.2, -0.15) is 0 Å². The summed E-state index contributed by atoms with van der Waals surface area (Å²) in [6.07, 6.45) is 2.91. The second-order valence-corrected chi connectivity index (χ2v) is 3.78. The Balaban J connectivity index is 2.45. The molecule has 0 aliphatic carbocycles. The highest BCUT2D eigenvalue weighted by atomic mass is 35.5. The van der Waals surface area contributed by atoms with Crippen LogP contribution in [0.4, 0.5) is 0 Å². The van der Waals surface area contributed by atoms with Crippen molar-refractivity contribution < 1.29 is 14.3 Å². The minimum Gasteiger partial charge on any atom is -0.465 e. The van der Waals surface area contributed by atoms with Gasteiger partial charge in [0.2, 0.25) is 5.91 Å². The van der Waals surface area contributed by atoms with Crippen molar-refractivity contribution in [1.82, 2.24) is 5.32 Å². The number of ether oxygens (including phenoxy) is 1. The van der Waals surface area contributed by atoms with Crippen LogP contribution in [0.3, 0.4) is 0 Å². The van der Waals surface area contributed by atoms with Crippen molar-refractivity contribution in [3.63, 3.8) is 0 Å². The second kappa shape index (κ2) is 7.50. The molecular weight excluding hydrogens is 254 g/mol. The van der Waals surface area contributed by atoms with E-state index in [2.05, 4.69) is 10.1 Å². The molecule has 5 heteroatoms. The Hall–Kier alpha value is -1.81. The summed E-state index contributed by atoms with van der Waals surface area (Å²) in [7, 11) is 0. The molecule has 1 aromatic carbocycles. The lowest BCUT2D eigenvalue weighted by atomic mass is 10.2. The largest absolute Gasteiger partial charge is 0.465 e. The van der Waals surface area contributed by atoms with Crippen LogP contribution >= 0.6 is 11.6 Å². The first kappa shape index (κ1) is 14.3. The highest BCUT2D eigenvalue weighted by Gasteiger charge is 2.03. The van der Waals surface area contributed by atoms with Crippen LogP contribution in [-0.4, -0.2) is 25.0 Å². The SMILES string of the molecule is CCOC(=O)CNC(=O)/C=C/c1ccccc1Cl. The Morgan fingerprint density at radius 2 is 2.11 bits per heavy atom. The van der Waals surface area contributed by atoms with Crippen molar-refractivity contribution in [2.75, 3.05) is 13.2 Å². The van der Waals surface area contributed by atoms with Crippen LogP contribution in [-0.2, 0) is 14.3 Å². The van der Waals surface area contributed by atoms with E-state index in [0.717, 1.165) is 5.56 Å². The Labute approximate surface area is 111 Å². The quantitative estimate of drug-likeness (QED) is 0.656. The molecule has 0 fully saturated rings. The number of carbonyl (C=O) groups excluding carboxylic acids is 2. The van der Waals surface area contributed by atoms with E-state index in [9.17, 15) is 9.59 Å². The Morgan fingerprint density at radius 3 is 2.78 bits per heavy atom. The molecule has 96 valence electrons. The van der Waals surface area contributed by atoms with Crippen LogP contribution in [0.2, 0.25) is 5.02 Å². The topological polar surface area (TPSA) is 55.4 Å². The lowest BCUT2D eigenvalue weighted by Gasteiger charge is -2.02. The Bertz CT molecular complexity index is 457. The molecule has 0 atom stereocenters. The summed E-state index contributed by atoms with van der Waals surface area (Å²) in [6.45, 7) is 1.86. The Kier molecular flexibility index (Phi) is 5.94. The third-order valence-electron chi connectivity index (χ3n) is 2.03. The monoisotopic (exact) mass is 267 g/mol. The highest BCUT2D eigenvalue weighted by Crippen LogP contribution is 2.15. The fourth-order valence-electron chi connectivity index (χ4n) is 1.21. The Morgan fingerprint density at radius 1 is 1.39 bits per heavy atom. The predicted molar refractivity (Wildman–Crippen MR) is 70.1 cm³/mol. The van der Waals surface area contributed by atoms with Gasteiger partial charge < -0.3 is 10.1 Å². The van der Waals surface area contributed by atoms with Gasteiger partial charge in [-0.3, -0.25) is 9.59 Å². The molecule has 0 spiro atoms. The fraction of sp³-hybridized carbons (Fsp3) is 0.231. The number of esters is 1. The summed E-state index contributed by atoms with van der Waals surface area (Å²) >= 11 is 5.92. The molecule has 0 bridgehead atoms. The number of benzene rings is 1. The minimum atomic E-state index is -0.461. The summed E-state index contributed by atoms with van der Waals surface area (Å²) in [5.41, 5.74) is 0.741. The van der Waals surface area contributed by atoms with E-state index in [1.54, 1.807) is 31.2 Å². The van der Waals surface area contributed by atoms with Gasteiger partial charge >= 0.3 is 5.97 Å². The molecule has 0 saturated heterocycles. The molecule has 0 aromatic heterocycles. The van der Waals surface area contributed by atoms with Crippen molar-refractivity contribution in [3.05, 3.63) is 40.9 Å². The van der Waals surface area contributed by atoms with Gasteiger partial charge in [0.1, 0.15) is 6.54 Å². The molecule has 4 nitrogen and oxygen atoms in total. The fourth-order valence-corrected chi connectivity index (χ4v) is 1.40. The molecule has 1 amide bonds. The van der Waals surface area contributed by atoms with E-state index >= 15 is 0 Å². The van der Waals surface area contributed by atoms with E-state index in [1.807, 2.05) is 6.07 Å². The van der Waals surface area contributed by atoms with Crippen molar-refractivity contribution in [2.24, 2.45) is 0 Å². The smallest absolute Gasteiger partial charge is 0.325 e. The van der Waals surface area contributed by atoms with Gasteiger partial charge in [-0.05, 0) is 24.6 Å². The van der Waals surface area contributed by atoms with E-state index in [0.29, 0.717) is 11.6 Å². The minimum absolute atomic E-state index is 0.139. The van der Waals surface area contributed by atoms with Gasteiger partial charge in [-0.25, -0.2) is 0 Å². The average molecular weight is 268 g/mol. The first-order chi connectivity index (χ1) is 8.63. The molecule has 0 aliphatic heterocycles. The predicted octanol–water partition coefficient (Wildman–Crippen LogP) is 2.03. The van der Waals surface area contributed by atoms with Crippen molar-refractivity contribution >= 4 is 29.6 Å². The maximum absolute atomic E-state index is 11.4. The molecule has 1 rings (SSSR count). The van der Waals surface area contributed by atoms with Crippen LogP contribution in [0, 0.1) is 0 Å². The first-order valence-electron chi connectivity index (χ1n) is 5.49. The van der Waals surface area contributed by atoms with Gasteiger partial charge in [0.05, 0.1) is 6.61 Å². The normalized spacial score (nSPS) is 10.3. The van der Waals surface area contributed by atoms with E-state index in [1.165, 1.54) is 6.08 Å². The van der Waals surface area contributed by atoms with Crippen LogP contribution in [0.15, 0.2) is 30.3 Å². The standard InChI is InChI=1S/C13H14ClNO3/c1-2-18-13(17)9-15-12(16)8-7-10-5-3-4-6-11(10)14/h3-8H,2,9H2,1H3,(H,15,16)/b8-7+. The van der Waals surface area contributed by atoms with Gasteiger partial charge in [0, 0.05) is 11.1 Å². The summed E-state index contributed by atoms with van der Waals surface area (Å²) < 4.78 is 4.68. The molecule has 0 aliphatic rings. The zero-order valence-electron chi connectivity index (χ0n) is 9.98. The average Bonchev–Trinajstić information content (AvgIpc) is 2.36. The van der Waals surface area contributed by atoms with E-state index in [-0.39, 0.29) is 12.5 Å². The summed E-state index contributed by atoms with van der Waals surface area (Å²) in [6, 6.07) is 7.15. The zero-order chi connectivity index (χ0) is 13.4. The maximum atomic E-state index is 11.4. The zero-order valence-corrected chi connectivity index (χ0v) is 10.7. The highest BCUT2D eigenvalue weighted by molar-refractivity contribution is 6.32. The third-order valence-corrected chi connectivity index (χ3v) is 2.38. The van der Waals surface area contributed by atoms with Gasteiger partial charge in [-0.1, -0.05) is 29.8 Å². The van der Waals surface area contributed by atoms with Crippen molar-refractivity contribution in [1.29, 1.82) is 0 Å². The lowest BCUT2D eigenvalue weighted by molar-refractivity contribution is -0.143. The number of nitrogens with one attached hydrogen (secondary N) is 1. The van der Waals surface area contributed by atoms with E-state index in [4.69, 9.17) is 11.6 Å². The van der Waals surface area contributed by atoms with Gasteiger partial charge in [-0.15, -0.1) is 0 Å². The number of carbonyl (C=O) groups is 2. The first-order valence-corrected chi connectivity index (χ1v) is 5.87. The molecule has 0 heterocycles. The summed E-state index contributed by atoms with van der Waals surface area (Å²) in [5, 5.41) is 2.98. The number of rotatable bonds is 5. The molecule has 0 saturated carbocycles. The number of hydrogen-bond acceptors (Lipinski definition) is 3. The van der Waals surface area contributed by atoms with Crippen LogP contribution in [0.5, 0.6) is 0 Å². The van der Waals surface area contributed by atoms with Crippen molar-refractivity contribution in [3.8, 4) is 0 Å². The van der Waals surface area contributed by atoms with Crippen LogP contribution in [0.25, 0.3) is 6.08 Å². The van der Waals surface area contributed by atoms with Crippen LogP contribution < -0.4 is 5.32 Å². The molecule has 0 unspecified atom stereocenters. The molecule has 18 heavy (non-hydrogen) atoms. The number of halogens is 1. The van der Waals surface area contributed by atoms with E-state index < -0.39 is 5.97 Å². The molecule has 1 N–H and O–H groups in total. The summed E-state index contributed by atoms with van der Waals surface area (Å²) in [5.74, 6) is -0.833. The van der Waals surface area contributed by atoms with Crippen molar-refractivity contribution in [2.45, 2.75) is 6.92 Å². The molecular formula is C13H14ClNO3. The van der Waals surface area contributed by atoms with Gasteiger partial charge in [0.15, 0.2) is 0 Å². The van der Waals surface area contributed by atoms with Crippen LogP contribution in [0.1, 0.15) is 12.5 Å². The number of hydrogen-bond donors (Lipinski definition) is 1. The molecule has 0 radical (unpaired) electrons.